The molecule has 92 valence electrons. The van der Waals surface area contributed by atoms with Crippen LogP contribution in [0.1, 0.15) is 32.1 Å². The number of aliphatic hydroxyl groups excluding tert-OH is 1. The second-order valence-corrected chi connectivity index (χ2v) is 6.04. The molecule has 0 unspecified atom stereocenters. The van der Waals surface area contributed by atoms with Crippen LogP contribution in [0.4, 0.5) is 0 Å². The maximum atomic E-state index is 11.9. The van der Waals surface area contributed by atoms with Crippen molar-refractivity contribution < 1.29 is 13.5 Å². The Hall–Kier alpha value is -0.640. The van der Waals surface area contributed by atoms with E-state index < -0.39 is 10.0 Å². The largest absolute Gasteiger partial charge is 0.395 e. The molecule has 0 bridgehead atoms. The fraction of sp³-hybridized carbons (Fsp3) is 0.900. The first-order chi connectivity index (χ1) is 7.61. The summed E-state index contributed by atoms with van der Waals surface area (Å²) in [5.41, 5.74) is 0. The Morgan fingerprint density at radius 2 is 2.06 bits per heavy atom. The van der Waals surface area contributed by atoms with Gasteiger partial charge in [-0.25, -0.2) is 8.42 Å². The number of rotatable bonds is 8. The highest BCUT2D eigenvalue weighted by Crippen LogP contribution is 2.29. The summed E-state index contributed by atoms with van der Waals surface area (Å²) in [5, 5.41) is 17.2. The highest BCUT2D eigenvalue weighted by Gasteiger charge is 2.36. The third kappa shape index (κ3) is 4.08. The first kappa shape index (κ1) is 13.4. The lowest BCUT2D eigenvalue weighted by Crippen LogP contribution is -2.37. The van der Waals surface area contributed by atoms with Gasteiger partial charge >= 0.3 is 0 Å². The summed E-state index contributed by atoms with van der Waals surface area (Å²) >= 11 is 0. The quantitative estimate of drug-likeness (QED) is 0.631. The van der Waals surface area contributed by atoms with E-state index in [1.54, 1.807) is 0 Å². The van der Waals surface area contributed by atoms with Crippen LogP contribution in [-0.2, 0) is 10.0 Å². The monoisotopic (exact) mass is 246 g/mol. The van der Waals surface area contributed by atoms with Crippen molar-refractivity contribution in [2.75, 3.05) is 18.9 Å². The Labute approximate surface area is 96.7 Å². The van der Waals surface area contributed by atoms with E-state index in [9.17, 15) is 8.42 Å². The number of nitriles is 1. The van der Waals surface area contributed by atoms with Crippen molar-refractivity contribution in [3.8, 4) is 6.07 Å². The van der Waals surface area contributed by atoms with Crippen LogP contribution in [0.15, 0.2) is 0 Å². The van der Waals surface area contributed by atoms with E-state index >= 15 is 0 Å². The second kappa shape index (κ2) is 6.18. The van der Waals surface area contributed by atoms with Crippen LogP contribution in [0.5, 0.6) is 0 Å². The molecule has 0 saturated heterocycles. The van der Waals surface area contributed by atoms with Gasteiger partial charge in [-0.1, -0.05) is 0 Å². The molecule has 0 radical (unpaired) electrons. The Balaban J connectivity index is 2.43. The third-order valence-corrected chi connectivity index (χ3v) is 4.57. The van der Waals surface area contributed by atoms with Gasteiger partial charge in [-0.05, 0) is 25.7 Å². The Kier molecular flexibility index (Phi) is 5.19. The molecule has 0 atom stereocenters. The summed E-state index contributed by atoms with van der Waals surface area (Å²) in [4.78, 5) is 0. The van der Waals surface area contributed by atoms with Crippen LogP contribution in [-0.4, -0.2) is 42.8 Å². The molecule has 1 rings (SSSR count). The normalized spacial score (nSPS) is 16.3. The maximum Gasteiger partial charge on any atom is 0.214 e. The van der Waals surface area contributed by atoms with Crippen LogP contribution >= 0.6 is 0 Å². The van der Waals surface area contributed by atoms with Crippen molar-refractivity contribution in [1.82, 2.24) is 4.31 Å². The molecule has 6 heteroatoms. The van der Waals surface area contributed by atoms with E-state index in [-0.39, 0.29) is 24.9 Å². The molecule has 1 aliphatic carbocycles. The first-order valence-electron chi connectivity index (χ1n) is 5.59. The van der Waals surface area contributed by atoms with Gasteiger partial charge in [0, 0.05) is 19.0 Å². The average Bonchev–Trinajstić information content (AvgIpc) is 3.04. The zero-order valence-corrected chi connectivity index (χ0v) is 10.1. The smallest absolute Gasteiger partial charge is 0.214 e. The number of sulfonamides is 1. The van der Waals surface area contributed by atoms with E-state index in [2.05, 4.69) is 0 Å². The zero-order valence-electron chi connectivity index (χ0n) is 9.30. The van der Waals surface area contributed by atoms with E-state index in [0.29, 0.717) is 19.3 Å². The van der Waals surface area contributed by atoms with E-state index in [1.807, 2.05) is 6.07 Å². The van der Waals surface area contributed by atoms with Crippen LogP contribution in [0.3, 0.4) is 0 Å². The summed E-state index contributed by atoms with van der Waals surface area (Å²) in [6.07, 6.45) is 3.34. The van der Waals surface area contributed by atoms with Gasteiger partial charge in [0.25, 0.3) is 0 Å². The summed E-state index contributed by atoms with van der Waals surface area (Å²) in [6, 6.07) is 2.10. The second-order valence-electron chi connectivity index (χ2n) is 4.00. The molecule has 0 aromatic heterocycles. The minimum absolute atomic E-state index is 0.0885. The molecule has 0 heterocycles. The Morgan fingerprint density at radius 3 is 2.56 bits per heavy atom. The predicted molar refractivity (Wildman–Crippen MR) is 60.1 cm³/mol. The van der Waals surface area contributed by atoms with Gasteiger partial charge in [0.1, 0.15) is 0 Å². The predicted octanol–water partition coefficient (Wildman–Crippen LogP) is 0.467. The van der Waals surface area contributed by atoms with E-state index in [1.165, 1.54) is 4.31 Å². The Bertz CT molecular complexity index is 344. The molecule has 1 saturated carbocycles. The van der Waals surface area contributed by atoms with Crippen LogP contribution in [0.2, 0.25) is 0 Å². The molecule has 0 aromatic rings. The summed E-state index contributed by atoms with van der Waals surface area (Å²) in [7, 11) is -3.24. The zero-order chi connectivity index (χ0) is 12.0. The summed E-state index contributed by atoms with van der Waals surface area (Å²) < 4.78 is 25.2. The molecule has 0 amide bonds. The molecule has 1 aliphatic rings. The fourth-order valence-electron chi connectivity index (χ4n) is 1.62. The first-order valence-corrected chi connectivity index (χ1v) is 7.20. The summed E-state index contributed by atoms with van der Waals surface area (Å²) in [5.74, 6) is 0.0885. The lowest BCUT2D eigenvalue weighted by molar-refractivity contribution is 0.250. The van der Waals surface area contributed by atoms with Gasteiger partial charge in [0.2, 0.25) is 10.0 Å². The number of aliphatic hydroxyl groups is 1. The summed E-state index contributed by atoms with van der Waals surface area (Å²) in [6.45, 7) is 0.0686. The highest BCUT2D eigenvalue weighted by molar-refractivity contribution is 7.89. The maximum absolute atomic E-state index is 11.9. The fourth-order valence-corrected chi connectivity index (χ4v) is 3.44. The SMILES string of the molecule is N#CCCCCS(=O)(=O)N(CCO)C1CC1. The molecular formula is C10H18N2O3S. The van der Waals surface area contributed by atoms with Crippen LogP contribution in [0.25, 0.3) is 0 Å². The number of hydrogen-bond acceptors (Lipinski definition) is 4. The molecular weight excluding hydrogens is 228 g/mol. The van der Waals surface area contributed by atoms with E-state index in [0.717, 1.165) is 12.8 Å². The van der Waals surface area contributed by atoms with Gasteiger partial charge in [-0.15, -0.1) is 0 Å². The van der Waals surface area contributed by atoms with Crippen LogP contribution < -0.4 is 0 Å². The van der Waals surface area contributed by atoms with Gasteiger partial charge in [0.15, 0.2) is 0 Å². The van der Waals surface area contributed by atoms with Crippen molar-refractivity contribution in [2.24, 2.45) is 0 Å². The van der Waals surface area contributed by atoms with Crippen molar-refractivity contribution in [2.45, 2.75) is 38.1 Å². The topological polar surface area (TPSA) is 81.4 Å². The van der Waals surface area contributed by atoms with Gasteiger partial charge in [0.05, 0.1) is 18.4 Å². The standard InChI is InChI=1S/C10H18N2O3S/c11-6-2-1-3-9-16(14,15)12(7-8-13)10-4-5-10/h10,13H,1-5,7-9H2. The van der Waals surface area contributed by atoms with Crippen molar-refractivity contribution in [3.05, 3.63) is 0 Å². The molecule has 0 aromatic carbocycles. The molecule has 0 aliphatic heterocycles. The van der Waals surface area contributed by atoms with Crippen LogP contribution in [0, 0.1) is 11.3 Å². The Morgan fingerprint density at radius 1 is 1.38 bits per heavy atom. The molecule has 1 fully saturated rings. The lowest BCUT2D eigenvalue weighted by atomic mass is 10.3. The average molecular weight is 246 g/mol. The van der Waals surface area contributed by atoms with Gasteiger partial charge < -0.3 is 5.11 Å². The number of unbranched alkanes of at least 4 members (excludes halogenated alkanes) is 2. The minimum atomic E-state index is -3.24. The van der Waals surface area contributed by atoms with Crippen molar-refractivity contribution >= 4 is 10.0 Å². The van der Waals surface area contributed by atoms with Crippen molar-refractivity contribution in [3.63, 3.8) is 0 Å². The molecule has 0 spiro atoms. The highest BCUT2D eigenvalue weighted by atomic mass is 32.2. The molecule has 5 nitrogen and oxygen atoms in total. The number of hydrogen-bond donors (Lipinski definition) is 1. The van der Waals surface area contributed by atoms with E-state index in [4.69, 9.17) is 10.4 Å². The van der Waals surface area contributed by atoms with Gasteiger partial charge in [-0.2, -0.15) is 9.57 Å². The third-order valence-electron chi connectivity index (χ3n) is 2.57. The lowest BCUT2D eigenvalue weighted by Gasteiger charge is -2.20. The van der Waals surface area contributed by atoms with Gasteiger partial charge in [-0.3, -0.25) is 0 Å². The minimum Gasteiger partial charge on any atom is -0.395 e. The van der Waals surface area contributed by atoms with Crippen molar-refractivity contribution in [1.29, 1.82) is 5.26 Å². The molecule has 1 N–H and O–H groups in total. The molecule has 16 heavy (non-hydrogen) atoms. The number of nitrogens with zero attached hydrogens (tertiary/aromatic N) is 2.